The predicted octanol–water partition coefficient (Wildman–Crippen LogP) is 7.41. The monoisotopic (exact) mass is 377 g/mol. The maximum absolute atomic E-state index is 6.41. The summed E-state index contributed by atoms with van der Waals surface area (Å²) >= 11 is 0. The highest BCUT2D eigenvalue weighted by molar-refractivity contribution is 6.11. The lowest BCUT2D eigenvalue weighted by molar-refractivity contribution is 0.480. The van der Waals surface area contributed by atoms with E-state index in [2.05, 4.69) is 92.3 Å². The highest BCUT2D eigenvalue weighted by Gasteiger charge is 2.15. The first kappa shape index (κ1) is 17.6. The van der Waals surface area contributed by atoms with Gasteiger partial charge >= 0.3 is 0 Å². The maximum Gasteiger partial charge on any atom is 0.135 e. The Bertz CT molecular complexity index is 1360. The van der Waals surface area contributed by atoms with Crippen LogP contribution < -0.4 is 4.74 Å². The quantitative estimate of drug-likeness (QED) is 0.319. The van der Waals surface area contributed by atoms with Gasteiger partial charge in [-0.2, -0.15) is 0 Å². The lowest BCUT2D eigenvalue weighted by Crippen LogP contribution is -1.92. The van der Waals surface area contributed by atoms with Crippen LogP contribution in [0.3, 0.4) is 0 Å². The van der Waals surface area contributed by atoms with Crippen LogP contribution in [-0.2, 0) is 7.05 Å². The van der Waals surface area contributed by atoms with E-state index in [1.54, 1.807) is 0 Å². The van der Waals surface area contributed by atoms with Gasteiger partial charge in [-0.25, -0.2) is 0 Å². The van der Waals surface area contributed by atoms with Crippen molar-refractivity contribution < 1.29 is 4.74 Å². The molecule has 0 fully saturated rings. The number of nitrogens with zero attached hydrogens (tertiary/aromatic N) is 1. The molecule has 0 atom stereocenters. The Hall–Kier alpha value is -3.52. The SMILES string of the molecule is Cc1cccc(Oc2ccccc2-c2cn(C)c3c2ccc2ccccc23)c1C. The zero-order valence-corrected chi connectivity index (χ0v) is 16.9. The van der Waals surface area contributed by atoms with Crippen LogP contribution in [0.2, 0.25) is 0 Å². The van der Waals surface area contributed by atoms with Crippen molar-refractivity contribution >= 4 is 21.7 Å². The minimum Gasteiger partial charge on any atom is -0.456 e. The number of aryl methyl sites for hydroxylation is 2. The molecule has 0 aliphatic carbocycles. The standard InChI is InChI=1S/C27H23NO/c1-18-9-8-14-25(19(18)2)29-26-13-7-6-12-22(26)24-17-28(3)27-21-11-5-4-10-20(21)15-16-23(24)27/h4-17H,1-3H3. The minimum atomic E-state index is 0.877. The van der Waals surface area contributed by atoms with E-state index in [9.17, 15) is 0 Å². The first-order chi connectivity index (χ1) is 14.1. The number of aromatic nitrogens is 1. The highest BCUT2D eigenvalue weighted by Crippen LogP contribution is 2.40. The molecule has 0 amide bonds. The number of ether oxygens (including phenoxy) is 1. The van der Waals surface area contributed by atoms with Crippen LogP contribution in [0, 0.1) is 13.8 Å². The van der Waals surface area contributed by atoms with Gasteiger partial charge < -0.3 is 9.30 Å². The average Bonchev–Trinajstić information content (AvgIpc) is 3.09. The molecule has 2 nitrogen and oxygen atoms in total. The molecule has 5 rings (SSSR count). The van der Waals surface area contributed by atoms with Crippen molar-refractivity contribution in [2.24, 2.45) is 7.05 Å². The van der Waals surface area contributed by atoms with E-state index in [0.717, 1.165) is 17.1 Å². The Morgan fingerprint density at radius 3 is 2.31 bits per heavy atom. The van der Waals surface area contributed by atoms with Crippen molar-refractivity contribution in [3.05, 3.63) is 96.2 Å². The van der Waals surface area contributed by atoms with Crippen LogP contribution in [0.4, 0.5) is 0 Å². The third-order valence-corrected chi connectivity index (χ3v) is 5.82. The van der Waals surface area contributed by atoms with Gasteiger partial charge in [-0.3, -0.25) is 0 Å². The smallest absolute Gasteiger partial charge is 0.135 e. The molecule has 5 aromatic rings. The van der Waals surface area contributed by atoms with Crippen molar-refractivity contribution in [2.75, 3.05) is 0 Å². The van der Waals surface area contributed by atoms with Gasteiger partial charge in [0.05, 0.1) is 5.52 Å². The van der Waals surface area contributed by atoms with Gasteiger partial charge in [0.25, 0.3) is 0 Å². The van der Waals surface area contributed by atoms with Crippen molar-refractivity contribution in [1.82, 2.24) is 4.57 Å². The first-order valence-corrected chi connectivity index (χ1v) is 9.94. The fraction of sp³-hybridized carbons (Fsp3) is 0.111. The second-order valence-corrected chi connectivity index (χ2v) is 7.63. The van der Waals surface area contributed by atoms with Crippen molar-refractivity contribution in [3.63, 3.8) is 0 Å². The van der Waals surface area contributed by atoms with E-state index >= 15 is 0 Å². The third-order valence-electron chi connectivity index (χ3n) is 5.82. The van der Waals surface area contributed by atoms with Gasteiger partial charge in [0.1, 0.15) is 11.5 Å². The van der Waals surface area contributed by atoms with Crippen LogP contribution in [0.15, 0.2) is 85.1 Å². The zero-order chi connectivity index (χ0) is 20.0. The average molecular weight is 377 g/mol. The molecule has 29 heavy (non-hydrogen) atoms. The predicted molar refractivity (Wildman–Crippen MR) is 122 cm³/mol. The summed E-state index contributed by atoms with van der Waals surface area (Å²) in [4.78, 5) is 0. The van der Waals surface area contributed by atoms with Crippen LogP contribution in [0.5, 0.6) is 11.5 Å². The molecule has 0 saturated carbocycles. The summed E-state index contributed by atoms with van der Waals surface area (Å²) in [7, 11) is 2.12. The Balaban J connectivity index is 1.70. The van der Waals surface area contributed by atoms with E-state index in [1.165, 1.54) is 38.4 Å². The summed E-state index contributed by atoms with van der Waals surface area (Å²) in [5.41, 5.74) is 5.95. The lowest BCUT2D eigenvalue weighted by atomic mass is 10.0. The molecular formula is C27H23NO. The summed E-state index contributed by atoms with van der Waals surface area (Å²) in [5, 5.41) is 3.77. The second kappa shape index (κ2) is 6.82. The molecule has 4 aromatic carbocycles. The number of benzene rings is 4. The largest absolute Gasteiger partial charge is 0.456 e. The zero-order valence-electron chi connectivity index (χ0n) is 16.9. The Labute approximate surface area is 171 Å². The van der Waals surface area contributed by atoms with Crippen LogP contribution in [0.1, 0.15) is 11.1 Å². The molecule has 0 spiro atoms. The number of para-hydroxylation sites is 1. The van der Waals surface area contributed by atoms with Crippen LogP contribution in [0.25, 0.3) is 32.8 Å². The molecule has 142 valence electrons. The first-order valence-electron chi connectivity index (χ1n) is 9.94. The van der Waals surface area contributed by atoms with Crippen molar-refractivity contribution in [2.45, 2.75) is 13.8 Å². The minimum absolute atomic E-state index is 0.877. The molecule has 1 aromatic heterocycles. The van der Waals surface area contributed by atoms with Gasteiger partial charge in [0.15, 0.2) is 0 Å². The lowest BCUT2D eigenvalue weighted by Gasteiger charge is -2.14. The summed E-state index contributed by atoms with van der Waals surface area (Å²) in [6.07, 6.45) is 2.21. The van der Waals surface area contributed by atoms with E-state index in [4.69, 9.17) is 4.74 Å². The molecular weight excluding hydrogens is 354 g/mol. The normalized spacial score (nSPS) is 11.3. The van der Waals surface area contributed by atoms with Gasteiger partial charge in [0.2, 0.25) is 0 Å². The Kier molecular flexibility index (Phi) is 4.13. The fourth-order valence-electron chi connectivity index (χ4n) is 4.13. The summed E-state index contributed by atoms with van der Waals surface area (Å²) < 4.78 is 8.64. The van der Waals surface area contributed by atoms with Crippen LogP contribution in [-0.4, -0.2) is 4.57 Å². The van der Waals surface area contributed by atoms with E-state index in [-0.39, 0.29) is 0 Å². The molecule has 0 saturated heterocycles. The van der Waals surface area contributed by atoms with Gasteiger partial charge in [-0.15, -0.1) is 0 Å². The number of rotatable bonds is 3. The van der Waals surface area contributed by atoms with Crippen LogP contribution >= 0.6 is 0 Å². The van der Waals surface area contributed by atoms with E-state index in [1.807, 2.05) is 18.2 Å². The summed E-state index contributed by atoms with van der Waals surface area (Å²) in [6, 6.07) is 27.5. The van der Waals surface area contributed by atoms with Gasteiger partial charge in [-0.1, -0.05) is 66.7 Å². The maximum atomic E-state index is 6.41. The number of hydrogen-bond acceptors (Lipinski definition) is 1. The molecule has 0 N–H and O–H groups in total. The van der Waals surface area contributed by atoms with Gasteiger partial charge in [-0.05, 0) is 42.5 Å². The number of hydrogen-bond donors (Lipinski definition) is 0. The van der Waals surface area contributed by atoms with Crippen molar-refractivity contribution in [1.29, 1.82) is 0 Å². The van der Waals surface area contributed by atoms with E-state index < -0.39 is 0 Å². The molecule has 2 heteroatoms. The Morgan fingerprint density at radius 1 is 0.655 bits per heavy atom. The Morgan fingerprint density at radius 2 is 1.41 bits per heavy atom. The second-order valence-electron chi connectivity index (χ2n) is 7.63. The molecule has 0 bridgehead atoms. The molecule has 0 radical (unpaired) electrons. The molecule has 1 heterocycles. The molecule has 0 unspecified atom stereocenters. The van der Waals surface area contributed by atoms with Gasteiger partial charge in [0, 0.05) is 35.1 Å². The summed E-state index contributed by atoms with van der Waals surface area (Å²) in [5.74, 6) is 1.78. The summed E-state index contributed by atoms with van der Waals surface area (Å²) in [6.45, 7) is 4.22. The topological polar surface area (TPSA) is 14.2 Å². The molecule has 0 aliphatic heterocycles. The van der Waals surface area contributed by atoms with Crippen molar-refractivity contribution in [3.8, 4) is 22.6 Å². The van der Waals surface area contributed by atoms with E-state index in [0.29, 0.717) is 0 Å². The fourth-order valence-corrected chi connectivity index (χ4v) is 4.13. The molecule has 0 aliphatic rings. The third kappa shape index (κ3) is 2.89. The number of fused-ring (bicyclic) bond motifs is 3. The highest BCUT2D eigenvalue weighted by atomic mass is 16.5.